The zero-order valence-corrected chi connectivity index (χ0v) is 11.7. The molecule has 1 aliphatic heterocycles. The lowest BCUT2D eigenvalue weighted by Gasteiger charge is -2.24. The summed E-state index contributed by atoms with van der Waals surface area (Å²) in [7, 11) is 1.90. The van der Waals surface area contributed by atoms with Crippen LogP contribution >= 0.6 is 0 Å². The molecule has 1 aromatic carbocycles. The van der Waals surface area contributed by atoms with Crippen LogP contribution in [0.1, 0.15) is 12.8 Å². The van der Waals surface area contributed by atoms with Crippen molar-refractivity contribution in [2.75, 3.05) is 6.61 Å². The summed E-state index contributed by atoms with van der Waals surface area (Å²) in [6.07, 6.45) is 2.70. The van der Waals surface area contributed by atoms with E-state index in [1.165, 1.54) is 12.8 Å². The molecule has 2 heterocycles. The van der Waals surface area contributed by atoms with Gasteiger partial charge in [-0.2, -0.15) is 0 Å². The molecule has 3 atom stereocenters. The molecule has 0 spiro atoms. The molecule has 0 amide bonds. The van der Waals surface area contributed by atoms with E-state index in [0.717, 1.165) is 28.9 Å². The summed E-state index contributed by atoms with van der Waals surface area (Å²) in [6, 6.07) is 10.1. The molecular formula is C16H18BNO2. The topological polar surface area (TPSA) is 31.2 Å². The van der Waals surface area contributed by atoms with E-state index in [-0.39, 0.29) is 11.7 Å². The van der Waals surface area contributed by atoms with Crippen LogP contribution in [0.2, 0.25) is 0 Å². The minimum Gasteiger partial charge on any atom is -0.376 e. The van der Waals surface area contributed by atoms with E-state index in [1.54, 1.807) is 0 Å². The Morgan fingerprint density at radius 2 is 2.20 bits per heavy atom. The summed E-state index contributed by atoms with van der Waals surface area (Å²) in [5, 5.41) is 1.13. The first kappa shape index (κ1) is 12.2. The van der Waals surface area contributed by atoms with Gasteiger partial charge in [-0.15, -0.1) is 0 Å². The van der Waals surface area contributed by atoms with Gasteiger partial charge in [0.05, 0.1) is 18.2 Å². The Kier molecular flexibility index (Phi) is 2.74. The largest absolute Gasteiger partial charge is 0.376 e. The van der Waals surface area contributed by atoms with Gasteiger partial charge in [0.25, 0.3) is 0 Å². The van der Waals surface area contributed by atoms with Gasteiger partial charge in [-0.3, -0.25) is 4.79 Å². The van der Waals surface area contributed by atoms with Crippen LogP contribution in [0.5, 0.6) is 0 Å². The SMILES string of the molecule is Bc1cc2ccccc2n(CC2OCCC3C[C@H]32)c1=O. The van der Waals surface area contributed by atoms with Crippen molar-refractivity contribution in [1.29, 1.82) is 0 Å². The predicted octanol–water partition coefficient (Wildman–Crippen LogP) is 0.685. The molecule has 1 saturated heterocycles. The van der Waals surface area contributed by atoms with E-state index in [0.29, 0.717) is 12.5 Å². The van der Waals surface area contributed by atoms with Crippen molar-refractivity contribution >= 4 is 24.2 Å². The van der Waals surface area contributed by atoms with Gasteiger partial charge in [-0.25, -0.2) is 0 Å². The molecule has 2 unspecified atom stereocenters. The number of para-hydroxylation sites is 1. The lowest BCUT2D eigenvalue weighted by molar-refractivity contribution is -0.00290. The third kappa shape index (κ3) is 1.90. The van der Waals surface area contributed by atoms with Crippen molar-refractivity contribution in [3.63, 3.8) is 0 Å². The fourth-order valence-electron chi connectivity index (χ4n) is 3.57. The average molecular weight is 267 g/mol. The Labute approximate surface area is 119 Å². The number of fused-ring (bicyclic) bond motifs is 2. The highest BCUT2D eigenvalue weighted by Gasteiger charge is 2.46. The number of pyridine rings is 1. The van der Waals surface area contributed by atoms with Crippen molar-refractivity contribution in [3.05, 3.63) is 40.7 Å². The molecule has 1 saturated carbocycles. The van der Waals surface area contributed by atoms with Crippen molar-refractivity contribution in [2.45, 2.75) is 25.5 Å². The molecule has 0 bridgehead atoms. The first-order valence-electron chi connectivity index (χ1n) is 7.45. The van der Waals surface area contributed by atoms with Gasteiger partial charge in [0.2, 0.25) is 5.56 Å². The lowest BCUT2D eigenvalue weighted by Crippen LogP contribution is -2.39. The van der Waals surface area contributed by atoms with Crippen LogP contribution in [0.3, 0.4) is 0 Å². The van der Waals surface area contributed by atoms with Crippen LogP contribution in [0.25, 0.3) is 10.9 Å². The molecule has 2 aromatic rings. The van der Waals surface area contributed by atoms with Crippen molar-refractivity contribution < 1.29 is 4.74 Å². The second kappa shape index (κ2) is 4.49. The molecule has 3 nitrogen and oxygen atoms in total. The quantitative estimate of drug-likeness (QED) is 0.749. The minimum absolute atomic E-state index is 0.120. The van der Waals surface area contributed by atoms with E-state index < -0.39 is 0 Å². The highest BCUT2D eigenvalue weighted by atomic mass is 16.5. The molecule has 4 rings (SSSR count). The molecule has 0 radical (unpaired) electrons. The highest BCUT2D eigenvalue weighted by molar-refractivity contribution is 6.32. The number of rotatable bonds is 2. The van der Waals surface area contributed by atoms with Crippen molar-refractivity contribution in [1.82, 2.24) is 4.57 Å². The molecule has 4 heteroatoms. The number of hydrogen-bond acceptors (Lipinski definition) is 2. The van der Waals surface area contributed by atoms with Crippen molar-refractivity contribution in [2.24, 2.45) is 11.8 Å². The fraction of sp³-hybridized carbons (Fsp3) is 0.438. The number of hydrogen-bond donors (Lipinski definition) is 0. The van der Waals surface area contributed by atoms with Gasteiger partial charge >= 0.3 is 0 Å². The molecule has 1 aliphatic carbocycles. The standard InChI is InChI=1S/C16H18BNO2/c17-13-8-11-3-1-2-4-14(11)18(16(13)19)9-15-12-7-10(12)5-6-20-15/h1-4,8,10,12,15H,5-7,9,17H2/t10?,12-,15?/m1/s1. The number of ether oxygens (including phenoxy) is 1. The predicted molar refractivity (Wildman–Crippen MR) is 82.3 cm³/mol. The van der Waals surface area contributed by atoms with E-state index in [4.69, 9.17) is 4.74 Å². The maximum Gasteiger partial charge on any atom is 0.244 e. The van der Waals surface area contributed by atoms with Crippen LogP contribution < -0.4 is 11.0 Å². The highest BCUT2D eigenvalue weighted by Crippen LogP contribution is 2.48. The van der Waals surface area contributed by atoms with Gasteiger partial charge in [-0.1, -0.05) is 24.3 Å². The lowest BCUT2D eigenvalue weighted by atomic mass is 9.96. The van der Waals surface area contributed by atoms with Gasteiger partial charge in [-0.05, 0) is 41.6 Å². The number of benzene rings is 1. The smallest absolute Gasteiger partial charge is 0.244 e. The van der Waals surface area contributed by atoms with Gasteiger partial charge in [0.1, 0.15) is 7.85 Å². The first-order chi connectivity index (χ1) is 9.74. The number of aromatic nitrogens is 1. The summed E-state index contributed by atoms with van der Waals surface area (Å²) in [6.45, 7) is 1.55. The monoisotopic (exact) mass is 267 g/mol. The third-order valence-corrected chi connectivity index (χ3v) is 4.82. The fourth-order valence-corrected chi connectivity index (χ4v) is 3.57. The molecule has 2 fully saturated rings. The van der Waals surface area contributed by atoms with E-state index >= 15 is 0 Å². The van der Waals surface area contributed by atoms with Crippen LogP contribution in [0, 0.1) is 11.8 Å². The van der Waals surface area contributed by atoms with Crippen LogP contribution in [-0.2, 0) is 11.3 Å². The maximum absolute atomic E-state index is 12.5. The Bertz CT molecular complexity index is 724. The van der Waals surface area contributed by atoms with Gasteiger partial charge in [0, 0.05) is 6.61 Å². The molecule has 20 heavy (non-hydrogen) atoms. The summed E-state index contributed by atoms with van der Waals surface area (Å²) in [5.41, 5.74) is 1.96. The first-order valence-corrected chi connectivity index (χ1v) is 7.45. The summed E-state index contributed by atoms with van der Waals surface area (Å²) >= 11 is 0. The van der Waals surface area contributed by atoms with Gasteiger partial charge in [0.15, 0.2) is 0 Å². The van der Waals surface area contributed by atoms with E-state index in [2.05, 4.69) is 6.07 Å². The van der Waals surface area contributed by atoms with Gasteiger partial charge < -0.3 is 9.30 Å². The number of nitrogens with zero attached hydrogens (tertiary/aromatic N) is 1. The molecule has 2 aliphatic rings. The average Bonchev–Trinajstić information content (AvgIpc) is 3.24. The minimum atomic E-state index is 0.120. The summed E-state index contributed by atoms with van der Waals surface area (Å²) < 4.78 is 7.83. The molecular weight excluding hydrogens is 249 g/mol. The summed E-state index contributed by atoms with van der Waals surface area (Å²) in [4.78, 5) is 12.5. The van der Waals surface area contributed by atoms with E-state index in [9.17, 15) is 4.79 Å². The molecule has 0 N–H and O–H groups in total. The zero-order chi connectivity index (χ0) is 13.7. The maximum atomic E-state index is 12.5. The molecule has 1 aromatic heterocycles. The molecule has 102 valence electrons. The van der Waals surface area contributed by atoms with Crippen LogP contribution in [-0.4, -0.2) is 25.1 Å². The van der Waals surface area contributed by atoms with Crippen molar-refractivity contribution in [3.8, 4) is 0 Å². The normalized spacial score (nSPS) is 28.3. The van der Waals surface area contributed by atoms with E-state index in [1.807, 2.05) is 36.7 Å². The second-order valence-corrected chi connectivity index (χ2v) is 6.16. The Hall–Kier alpha value is -1.55. The van der Waals surface area contributed by atoms with Crippen LogP contribution in [0.4, 0.5) is 0 Å². The summed E-state index contributed by atoms with van der Waals surface area (Å²) in [5.74, 6) is 1.52. The second-order valence-electron chi connectivity index (χ2n) is 6.16. The zero-order valence-electron chi connectivity index (χ0n) is 11.7. The third-order valence-electron chi connectivity index (χ3n) is 4.82. The van der Waals surface area contributed by atoms with Crippen LogP contribution in [0.15, 0.2) is 35.1 Å². The Morgan fingerprint density at radius 1 is 1.35 bits per heavy atom. The Morgan fingerprint density at radius 3 is 3.10 bits per heavy atom. The Balaban J connectivity index is 1.78.